The first-order valence-electron chi connectivity index (χ1n) is 7.02. The lowest BCUT2D eigenvalue weighted by Crippen LogP contribution is -2.13. The summed E-state index contributed by atoms with van der Waals surface area (Å²) < 4.78 is 0.858. The first kappa shape index (κ1) is 16.2. The molecule has 0 spiro atoms. The van der Waals surface area contributed by atoms with Crippen molar-refractivity contribution in [2.24, 2.45) is 0 Å². The van der Waals surface area contributed by atoms with E-state index in [4.69, 9.17) is 0 Å². The van der Waals surface area contributed by atoms with Gasteiger partial charge in [0.05, 0.1) is 6.42 Å². The number of aryl methyl sites for hydroxylation is 1. The minimum absolute atomic E-state index is 0.0605. The van der Waals surface area contributed by atoms with Crippen LogP contribution in [0.4, 0.5) is 5.13 Å². The highest BCUT2D eigenvalue weighted by atomic mass is 32.2. The van der Waals surface area contributed by atoms with E-state index in [1.165, 1.54) is 22.5 Å². The second kappa shape index (κ2) is 7.72. The number of hydrogen-bond donors (Lipinski definition) is 1. The van der Waals surface area contributed by atoms with Gasteiger partial charge in [-0.3, -0.25) is 4.79 Å². The number of anilines is 1. The Balaban J connectivity index is 1.51. The Morgan fingerprint density at radius 2 is 2.00 bits per heavy atom. The molecule has 0 aliphatic rings. The van der Waals surface area contributed by atoms with Crippen LogP contribution in [0.5, 0.6) is 0 Å². The molecule has 3 aromatic rings. The molecule has 0 saturated heterocycles. The molecule has 0 atom stereocenters. The van der Waals surface area contributed by atoms with E-state index in [9.17, 15) is 4.79 Å². The number of benzene rings is 1. The summed E-state index contributed by atoms with van der Waals surface area (Å²) in [5.74, 6) is 0.784. The van der Waals surface area contributed by atoms with E-state index < -0.39 is 0 Å². The number of carbonyl (C=O) groups is 1. The lowest BCUT2D eigenvalue weighted by atomic mass is 10.2. The molecule has 1 N–H and O–H groups in total. The highest BCUT2D eigenvalue weighted by Gasteiger charge is 2.09. The molecule has 0 bridgehead atoms. The van der Waals surface area contributed by atoms with Gasteiger partial charge in [-0.05, 0) is 34.9 Å². The van der Waals surface area contributed by atoms with Crippen LogP contribution in [0, 0.1) is 6.92 Å². The number of nitrogens with zero attached hydrogens (tertiary/aromatic N) is 2. The zero-order valence-corrected chi connectivity index (χ0v) is 14.9. The predicted octanol–water partition coefficient (Wildman–Crippen LogP) is 4.38. The Morgan fingerprint density at radius 1 is 1.17 bits per heavy atom. The average Bonchev–Trinajstić information content (AvgIpc) is 3.19. The molecule has 0 aliphatic carbocycles. The molecule has 1 amide bonds. The molecule has 118 valence electrons. The average molecular weight is 362 g/mol. The van der Waals surface area contributed by atoms with Crippen molar-refractivity contribution in [3.05, 3.63) is 57.8 Å². The molecule has 0 saturated carbocycles. The molecule has 0 radical (unpaired) electrons. The molecule has 2 aromatic heterocycles. The summed E-state index contributed by atoms with van der Waals surface area (Å²) in [6.07, 6.45) is 0.370. The lowest BCUT2D eigenvalue weighted by molar-refractivity contribution is -0.115. The number of thiophene rings is 1. The third-order valence-corrected chi connectivity index (χ3v) is 5.86. The molecule has 4 nitrogen and oxygen atoms in total. The number of amides is 1. The van der Waals surface area contributed by atoms with E-state index in [-0.39, 0.29) is 5.91 Å². The lowest BCUT2D eigenvalue weighted by Gasteiger charge is -1.99. The van der Waals surface area contributed by atoms with E-state index >= 15 is 0 Å². The van der Waals surface area contributed by atoms with Crippen molar-refractivity contribution in [1.82, 2.24) is 10.2 Å². The molecular formula is C16H15N3OS3. The summed E-state index contributed by atoms with van der Waals surface area (Å²) in [4.78, 5) is 11.9. The second-order valence-electron chi connectivity index (χ2n) is 5.00. The summed E-state index contributed by atoms with van der Waals surface area (Å²) in [6, 6.07) is 10.4. The maximum atomic E-state index is 11.9. The van der Waals surface area contributed by atoms with E-state index in [2.05, 4.69) is 46.7 Å². The summed E-state index contributed by atoms with van der Waals surface area (Å²) in [5, 5.41) is 15.4. The fourth-order valence-electron chi connectivity index (χ4n) is 1.89. The highest BCUT2D eigenvalue weighted by molar-refractivity contribution is 8.00. The van der Waals surface area contributed by atoms with Crippen LogP contribution in [-0.2, 0) is 17.0 Å². The summed E-state index contributed by atoms with van der Waals surface area (Å²) in [5.41, 5.74) is 3.52. The van der Waals surface area contributed by atoms with Crippen LogP contribution >= 0.6 is 34.4 Å². The van der Waals surface area contributed by atoms with Crippen LogP contribution in [0.1, 0.15) is 16.7 Å². The molecular weight excluding hydrogens is 346 g/mol. The number of hydrogen-bond acceptors (Lipinski definition) is 6. The minimum Gasteiger partial charge on any atom is -0.300 e. The zero-order valence-electron chi connectivity index (χ0n) is 12.5. The maximum absolute atomic E-state index is 11.9. The number of aromatic nitrogens is 2. The molecule has 7 heteroatoms. The Morgan fingerprint density at radius 3 is 2.74 bits per heavy atom. The molecule has 1 aromatic carbocycles. The van der Waals surface area contributed by atoms with Gasteiger partial charge >= 0.3 is 0 Å². The first-order chi connectivity index (χ1) is 11.2. The van der Waals surface area contributed by atoms with Crippen molar-refractivity contribution in [2.45, 2.75) is 23.4 Å². The fraction of sp³-hybridized carbons (Fsp3) is 0.188. The SMILES string of the molecule is Cc1ccc(CSc2nnc(NC(=O)Cc3ccsc3)s2)cc1. The van der Waals surface area contributed by atoms with Crippen LogP contribution in [-0.4, -0.2) is 16.1 Å². The van der Waals surface area contributed by atoms with Crippen LogP contribution in [0.2, 0.25) is 0 Å². The van der Waals surface area contributed by atoms with Crippen molar-refractivity contribution in [3.8, 4) is 0 Å². The van der Waals surface area contributed by atoms with Crippen molar-refractivity contribution in [2.75, 3.05) is 5.32 Å². The van der Waals surface area contributed by atoms with Crippen molar-refractivity contribution in [1.29, 1.82) is 0 Å². The topological polar surface area (TPSA) is 54.9 Å². The number of rotatable bonds is 6. The van der Waals surface area contributed by atoms with Gasteiger partial charge in [-0.15, -0.1) is 10.2 Å². The van der Waals surface area contributed by atoms with E-state index in [1.54, 1.807) is 23.1 Å². The van der Waals surface area contributed by atoms with Gasteiger partial charge in [0.1, 0.15) is 0 Å². The molecule has 0 aliphatic heterocycles. The van der Waals surface area contributed by atoms with E-state index in [0.29, 0.717) is 11.6 Å². The third-order valence-electron chi connectivity index (χ3n) is 3.08. The maximum Gasteiger partial charge on any atom is 0.230 e. The van der Waals surface area contributed by atoms with Crippen molar-refractivity contribution >= 4 is 45.5 Å². The van der Waals surface area contributed by atoms with Crippen molar-refractivity contribution in [3.63, 3.8) is 0 Å². The normalized spacial score (nSPS) is 10.7. The Hall–Kier alpha value is -1.70. The van der Waals surface area contributed by atoms with Gasteiger partial charge in [0, 0.05) is 5.75 Å². The van der Waals surface area contributed by atoms with E-state index in [1.807, 2.05) is 16.8 Å². The van der Waals surface area contributed by atoms with Gasteiger partial charge < -0.3 is 5.32 Å². The van der Waals surface area contributed by atoms with Gasteiger partial charge in [-0.2, -0.15) is 11.3 Å². The first-order valence-corrected chi connectivity index (χ1v) is 9.76. The predicted molar refractivity (Wildman–Crippen MR) is 97.3 cm³/mol. The minimum atomic E-state index is -0.0605. The molecule has 23 heavy (non-hydrogen) atoms. The van der Waals surface area contributed by atoms with Crippen LogP contribution in [0.3, 0.4) is 0 Å². The third kappa shape index (κ3) is 4.89. The smallest absolute Gasteiger partial charge is 0.230 e. The Labute approximate surface area is 147 Å². The van der Waals surface area contributed by atoms with Gasteiger partial charge in [0.2, 0.25) is 11.0 Å². The highest BCUT2D eigenvalue weighted by Crippen LogP contribution is 2.28. The molecule has 0 unspecified atom stereocenters. The van der Waals surface area contributed by atoms with Crippen LogP contribution in [0.15, 0.2) is 45.4 Å². The summed E-state index contributed by atoms with van der Waals surface area (Å²) in [6.45, 7) is 2.08. The molecule has 3 rings (SSSR count). The summed E-state index contributed by atoms with van der Waals surface area (Å²) >= 11 is 4.62. The number of carbonyl (C=O) groups excluding carboxylic acids is 1. The monoisotopic (exact) mass is 361 g/mol. The largest absolute Gasteiger partial charge is 0.300 e. The van der Waals surface area contributed by atoms with Crippen molar-refractivity contribution < 1.29 is 4.79 Å². The number of thioether (sulfide) groups is 1. The molecule has 0 fully saturated rings. The number of nitrogens with one attached hydrogen (secondary N) is 1. The van der Waals surface area contributed by atoms with Gasteiger partial charge in [0.25, 0.3) is 0 Å². The Bertz CT molecular complexity index is 766. The van der Waals surface area contributed by atoms with Gasteiger partial charge in [0.15, 0.2) is 4.34 Å². The molecule has 2 heterocycles. The fourth-order valence-corrected chi connectivity index (χ4v) is 4.28. The van der Waals surface area contributed by atoms with Crippen LogP contribution in [0.25, 0.3) is 0 Å². The Kier molecular flexibility index (Phi) is 5.43. The van der Waals surface area contributed by atoms with E-state index in [0.717, 1.165) is 15.7 Å². The van der Waals surface area contributed by atoms with Crippen LogP contribution < -0.4 is 5.32 Å². The quantitative estimate of drug-likeness (QED) is 0.523. The summed E-state index contributed by atoms with van der Waals surface area (Å²) in [7, 11) is 0. The second-order valence-corrected chi connectivity index (χ2v) is 7.98. The zero-order chi connectivity index (χ0) is 16.1. The standard InChI is InChI=1S/C16H15N3OS3/c1-11-2-4-12(5-3-11)10-22-16-19-18-15(23-16)17-14(20)8-13-6-7-21-9-13/h2-7,9H,8,10H2,1H3,(H,17,18,20). The van der Waals surface area contributed by atoms with Gasteiger partial charge in [-0.1, -0.05) is 52.9 Å². The van der Waals surface area contributed by atoms with Gasteiger partial charge in [-0.25, -0.2) is 0 Å².